The van der Waals surface area contributed by atoms with Gasteiger partial charge in [0.15, 0.2) is 0 Å². The van der Waals surface area contributed by atoms with E-state index in [-0.39, 0.29) is 11.8 Å². The van der Waals surface area contributed by atoms with Crippen molar-refractivity contribution in [3.63, 3.8) is 0 Å². The van der Waals surface area contributed by atoms with Gasteiger partial charge in [-0.05, 0) is 67.6 Å². The fourth-order valence-corrected chi connectivity index (χ4v) is 3.22. The van der Waals surface area contributed by atoms with Crippen LogP contribution in [0.25, 0.3) is 0 Å². The van der Waals surface area contributed by atoms with Gasteiger partial charge in [-0.15, -0.1) is 0 Å². The highest BCUT2D eigenvalue weighted by molar-refractivity contribution is 9.10. The monoisotopic (exact) mass is 396 g/mol. The van der Waals surface area contributed by atoms with Crippen molar-refractivity contribution < 1.29 is 14.3 Å². The SMILES string of the molecule is CC(C)(C)OC(=O)NC[C@@H]1CCCN(C(=O)c2ccccc2Br)C1. The van der Waals surface area contributed by atoms with E-state index in [0.29, 0.717) is 18.7 Å². The van der Waals surface area contributed by atoms with Gasteiger partial charge in [0.1, 0.15) is 5.60 Å². The number of halogens is 1. The van der Waals surface area contributed by atoms with Crippen LogP contribution in [-0.2, 0) is 4.74 Å². The molecule has 2 amide bonds. The fourth-order valence-electron chi connectivity index (χ4n) is 2.76. The Kier molecular flexibility index (Phi) is 6.27. The lowest BCUT2D eigenvalue weighted by Crippen LogP contribution is -2.44. The smallest absolute Gasteiger partial charge is 0.407 e. The Morgan fingerprint density at radius 3 is 2.71 bits per heavy atom. The summed E-state index contributed by atoms with van der Waals surface area (Å²) in [5.74, 6) is 0.280. The Morgan fingerprint density at radius 1 is 1.33 bits per heavy atom. The minimum atomic E-state index is -0.502. The molecule has 1 atom stereocenters. The number of hydrogen-bond acceptors (Lipinski definition) is 3. The lowest BCUT2D eigenvalue weighted by Gasteiger charge is -2.33. The highest BCUT2D eigenvalue weighted by Gasteiger charge is 2.26. The number of alkyl carbamates (subject to hydrolysis) is 1. The van der Waals surface area contributed by atoms with Gasteiger partial charge in [-0.1, -0.05) is 12.1 Å². The zero-order valence-electron chi connectivity index (χ0n) is 14.5. The molecule has 0 unspecified atom stereocenters. The van der Waals surface area contributed by atoms with E-state index in [1.165, 1.54) is 0 Å². The molecule has 1 fully saturated rings. The van der Waals surface area contributed by atoms with Crippen LogP contribution >= 0.6 is 15.9 Å². The first kappa shape index (κ1) is 18.8. The van der Waals surface area contributed by atoms with Gasteiger partial charge in [-0.3, -0.25) is 4.79 Å². The van der Waals surface area contributed by atoms with Gasteiger partial charge >= 0.3 is 6.09 Å². The quantitative estimate of drug-likeness (QED) is 0.844. The van der Waals surface area contributed by atoms with Crippen LogP contribution in [0.15, 0.2) is 28.7 Å². The number of likely N-dealkylation sites (tertiary alicyclic amines) is 1. The summed E-state index contributed by atoms with van der Waals surface area (Å²) in [6.45, 7) is 7.44. The van der Waals surface area contributed by atoms with E-state index < -0.39 is 11.7 Å². The molecule has 1 N–H and O–H groups in total. The lowest BCUT2D eigenvalue weighted by molar-refractivity contribution is 0.0502. The van der Waals surface area contributed by atoms with Gasteiger partial charge in [0.05, 0.1) is 5.56 Å². The summed E-state index contributed by atoms with van der Waals surface area (Å²) >= 11 is 3.44. The predicted molar refractivity (Wildman–Crippen MR) is 97.0 cm³/mol. The number of hydrogen-bond donors (Lipinski definition) is 1. The number of carbonyl (C=O) groups excluding carboxylic acids is 2. The predicted octanol–water partition coefficient (Wildman–Crippen LogP) is 3.83. The number of amides is 2. The Bertz CT molecular complexity index is 598. The third kappa shape index (κ3) is 5.51. The number of rotatable bonds is 3. The molecule has 132 valence electrons. The first-order valence-corrected chi connectivity index (χ1v) is 9.06. The summed E-state index contributed by atoms with van der Waals surface area (Å²) in [5.41, 5.74) is 0.177. The average molecular weight is 397 g/mol. The third-order valence-corrected chi connectivity index (χ3v) is 4.54. The molecule has 0 aliphatic carbocycles. The third-order valence-electron chi connectivity index (χ3n) is 3.84. The minimum absolute atomic E-state index is 0.0319. The second kappa shape index (κ2) is 8.01. The van der Waals surface area contributed by atoms with Gasteiger partial charge < -0.3 is 15.0 Å². The van der Waals surface area contributed by atoms with E-state index in [4.69, 9.17) is 4.74 Å². The van der Waals surface area contributed by atoms with Gasteiger partial charge in [0.2, 0.25) is 0 Å². The molecule has 0 aromatic heterocycles. The number of carbonyl (C=O) groups is 2. The maximum Gasteiger partial charge on any atom is 0.407 e. The number of benzene rings is 1. The average Bonchev–Trinajstić information content (AvgIpc) is 2.51. The molecule has 24 heavy (non-hydrogen) atoms. The Morgan fingerprint density at radius 2 is 2.04 bits per heavy atom. The fraction of sp³-hybridized carbons (Fsp3) is 0.556. The van der Waals surface area contributed by atoms with Crippen molar-refractivity contribution >= 4 is 27.9 Å². The second-order valence-electron chi connectivity index (χ2n) is 7.12. The summed E-state index contributed by atoms with van der Waals surface area (Å²) in [6, 6.07) is 7.46. The Labute approximate surface area is 151 Å². The first-order valence-electron chi connectivity index (χ1n) is 8.27. The standard InChI is InChI=1S/C18H25BrN2O3/c1-18(2,3)24-17(23)20-11-13-7-6-10-21(12-13)16(22)14-8-4-5-9-15(14)19/h4-5,8-9,13H,6-7,10-12H2,1-3H3,(H,20,23)/t13-/m0/s1. The summed E-state index contributed by atoms with van der Waals surface area (Å²) < 4.78 is 6.06. The van der Waals surface area contributed by atoms with E-state index in [1.54, 1.807) is 0 Å². The van der Waals surface area contributed by atoms with Crippen LogP contribution < -0.4 is 5.32 Å². The summed E-state index contributed by atoms with van der Waals surface area (Å²) in [7, 11) is 0. The molecule has 5 nitrogen and oxygen atoms in total. The largest absolute Gasteiger partial charge is 0.444 e. The molecule has 1 saturated heterocycles. The molecule has 6 heteroatoms. The molecule has 0 saturated carbocycles. The lowest BCUT2D eigenvalue weighted by atomic mass is 9.97. The second-order valence-corrected chi connectivity index (χ2v) is 7.98. The van der Waals surface area contributed by atoms with Crippen molar-refractivity contribution in [2.24, 2.45) is 5.92 Å². The molecule has 1 heterocycles. The van der Waals surface area contributed by atoms with E-state index >= 15 is 0 Å². The molecule has 0 radical (unpaired) electrons. The van der Waals surface area contributed by atoms with Crippen molar-refractivity contribution in [1.82, 2.24) is 10.2 Å². The van der Waals surface area contributed by atoms with Crippen LogP contribution in [0.4, 0.5) is 4.79 Å². The van der Waals surface area contributed by atoms with Crippen molar-refractivity contribution in [3.8, 4) is 0 Å². The van der Waals surface area contributed by atoms with Crippen LogP contribution in [-0.4, -0.2) is 42.1 Å². The van der Waals surface area contributed by atoms with Gasteiger partial charge in [-0.2, -0.15) is 0 Å². The highest BCUT2D eigenvalue weighted by atomic mass is 79.9. The maximum absolute atomic E-state index is 12.7. The normalized spacial score (nSPS) is 18.2. The van der Waals surface area contributed by atoms with Crippen molar-refractivity contribution in [3.05, 3.63) is 34.3 Å². The summed E-state index contributed by atoms with van der Waals surface area (Å²) in [4.78, 5) is 26.3. The number of nitrogens with one attached hydrogen (secondary N) is 1. The van der Waals surface area contributed by atoms with E-state index in [0.717, 1.165) is 23.9 Å². The molecule has 0 bridgehead atoms. The molecule has 1 aliphatic rings. The molecular weight excluding hydrogens is 372 g/mol. The van der Waals surface area contributed by atoms with Gasteiger partial charge in [0, 0.05) is 24.1 Å². The zero-order chi connectivity index (χ0) is 17.7. The highest BCUT2D eigenvalue weighted by Crippen LogP contribution is 2.22. The van der Waals surface area contributed by atoms with Crippen molar-refractivity contribution in [2.45, 2.75) is 39.2 Å². The first-order chi connectivity index (χ1) is 11.3. The maximum atomic E-state index is 12.7. The van der Waals surface area contributed by atoms with Crippen molar-refractivity contribution in [2.75, 3.05) is 19.6 Å². The zero-order valence-corrected chi connectivity index (χ0v) is 16.1. The number of ether oxygens (including phenoxy) is 1. The molecule has 1 aromatic carbocycles. The molecule has 1 aromatic rings. The van der Waals surface area contributed by atoms with E-state index in [2.05, 4.69) is 21.2 Å². The van der Waals surface area contributed by atoms with E-state index in [9.17, 15) is 9.59 Å². The van der Waals surface area contributed by atoms with Crippen LogP contribution in [0.3, 0.4) is 0 Å². The van der Waals surface area contributed by atoms with Gasteiger partial charge in [-0.25, -0.2) is 4.79 Å². The molecule has 2 rings (SSSR count). The number of piperidine rings is 1. The van der Waals surface area contributed by atoms with E-state index in [1.807, 2.05) is 49.9 Å². The molecule has 1 aliphatic heterocycles. The van der Waals surface area contributed by atoms with Gasteiger partial charge in [0.25, 0.3) is 5.91 Å². The molecular formula is C18H25BrN2O3. The Hall–Kier alpha value is -1.56. The van der Waals surface area contributed by atoms with Crippen LogP contribution in [0.5, 0.6) is 0 Å². The topological polar surface area (TPSA) is 58.6 Å². The molecule has 0 spiro atoms. The minimum Gasteiger partial charge on any atom is -0.444 e. The number of nitrogens with zero attached hydrogens (tertiary/aromatic N) is 1. The summed E-state index contributed by atoms with van der Waals surface area (Å²) in [6.07, 6.45) is 1.53. The van der Waals surface area contributed by atoms with Crippen LogP contribution in [0, 0.1) is 5.92 Å². The Balaban J connectivity index is 1.89. The van der Waals surface area contributed by atoms with Crippen LogP contribution in [0.1, 0.15) is 44.0 Å². The summed E-state index contributed by atoms with van der Waals surface area (Å²) in [5, 5.41) is 2.81. The van der Waals surface area contributed by atoms with Crippen LogP contribution in [0.2, 0.25) is 0 Å². The van der Waals surface area contributed by atoms with Crippen molar-refractivity contribution in [1.29, 1.82) is 0 Å².